The fourth-order valence-corrected chi connectivity index (χ4v) is 3.07. The van der Waals surface area contributed by atoms with Gasteiger partial charge in [-0.15, -0.1) is 0 Å². The van der Waals surface area contributed by atoms with Gasteiger partial charge in [0.05, 0.1) is 5.69 Å². The van der Waals surface area contributed by atoms with Crippen molar-refractivity contribution in [2.45, 2.75) is 32.6 Å². The van der Waals surface area contributed by atoms with E-state index in [-0.39, 0.29) is 11.5 Å². The number of rotatable bonds is 5. The number of carbonyl (C=O) groups excluding carboxylic acids is 1. The van der Waals surface area contributed by atoms with E-state index in [1.807, 2.05) is 7.05 Å². The Morgan fingerprint density at radius 3 is 2.92 bits per heavy atom. The first-order chi connectivity index (χ1) is 11.5. The fraction of sp³-hybridized carbons (Fsp3) is 0.500. The zero-order chi connectivity index (χ0) is 17.1. The molecule has 0 atom stereocenters. The summed E-state index contributed by atoms with van der Waals surface area (Å²) in [5, 5.41) is 10.4. The van der Waals surface area contributed by atoms with Crippen LogP contribution in [0.15, 0.2) is 10.9 Å². The Kier molecular flexibility index (Phi) is 4.64. The molecule has 3 N–H and O–H groups in total. The number of aromatic amines is 1. The number of hydrogen-bond donors (Lipinski definition) is 3. The van der Waals surface area contributed by atoms with E-state index in [1.54, 1.807) is 11.6 Å². The summed E-state index contributed by atoms with van der Waals surface area (Å²) in [7, 11) is 1.81. The molecule has 0 aromatic carbocycles. The second-order valence-electron chi connectivity index (χ2n) is 6.02. The van der Waals surface area contributed by atoms with Crippen molar-refractivity contribution >= 4 is 11.9 Å². The Morgan fingerprint density at radius 2 is 2.12 bits per heavy atom. The van der Waals surface area contributed by atoms with Gasteiger partial charge in [0.15, 0.2) is 0 Å². The summed E-state index contributed by atoms with van der Waals surface area (Å²) in [5.74, 6) is 0.299. The third kappa shape index (κ3) is 3.47. The lowest BCUT2D eigenvalue weighted by atomic mass is 9.95. The molecule has 3 rings (SSSR count). The average Bonchev–Trinajstić information content (AvgIpc) is 2.86. The normalized spacial score (nSPS) is 13.4. The number of fused-ring (bicyclic) bond motifs is 1. The van der Waals surface area contributed by atoms with Crippen LogP contribution >= 0.6 is 0 Å². The van der Waals surface area contributed by atoms with Crippen LogP contribution < -0.4 is 16.2 Å². The van der Waals surface area contributed by atoms with Crippen LogP contribution in [-0.4, -0.2) is 38.7 Å². The van der Waals surface area contributed by atoms with Gasteiger partial charge in [0.1, 0.15) is 5.69 Å². The summed E-state index contributed by atoms with van der Waals surface area (Å²) in [6, 6.07) is 1.43. The van der Waals surface area contributed by atoms with Crippen molar-refractivity contribution in [3.63, 3.8) is 0 Å². The van der Waals surface area contributed by atoms with Crippen molar-refractivity contribution in [1.82, 2.24) is 25.1 Å². The predicted molar refractivity (Wildman–Crippen MR) is 90.3 cm³/mol. The number of aromatic nitrogens is 4. The smallest absolute Gasteiger partial charge is 0.269 e. The van der Waals surface area contributed by atoms with Crippen LogP contribution in [0.5, 0.6) is 0 Å². The number of amides is 1. The number of nitrogens with zero attached hydrogens (tertiary/aromatic N) is 3. The molecule has 1 aliphatic carbocycles. The van der Waals surface area contributed by atoms with Gasteiger partial charge in [0, 0.05) is 37.5 Å². The van der Waals surface area contributed by atoms with Gasteiger partial charge >= 0.3 is 0 Å². The third-order valence-electron chi connectivity index (χ3n) is 4.11. The van der Waals surface area contributed by atoms with Crippen molar-refractivity contribution in [2.24, 2.45) is 7.05 Å². The van der Waals surface area contributed by atoms with E-state index < -0.39 is 0 Å². The van der Waals surface area contributed by atoms with Gasteiger partial charge in [-0.25, -0.2) is 4.98 Å². The topological polar surface area (TPSA) is 105 Å². The standard InChI is InChI=1S/C16H22N6O2/c1-10-9-13(23)20-16(19-10)18-8-7-17-15(24)14-11-5-3-4-6-12(11)21-22(14)2/h9H,3-8H2,1-2H3,(H,17,24)(H2,18,19,20,23). The summed E-state index contributed by atoms with van der Waals surface area (Å²) in [5.41, 5.74) is 3.24. The minimum Gasteiger partial charge on any atom is -0.354 e. The lowest BCUT2D eigenvalue weighted by Crippen LogP contribution is -2.31. The number of carbonyl (C=O) groups is 1. The highest BCUT2D eigenvalue weighted by atomic mass is 16.2. The lowest BCUT2D eigenvalue weighted by molar-refractivity contribution is 0.0944. The van der Waals surface area contributed by atoms with Crippen molar-refractivity contribution < 1.29 is 4.79 Å². The molecule has 2 heterocycles. The molecule has 0 unspecified atom stereocenters. The lowest BCUT2D eigenvalue weighted by Gasteiger charge is -2.12. The Morgan fingerprint density at radius 1 is 1.33 bits per heavy atom. The first kappa shape index (κ1) is 16.2. The van der Waals surface area contributed by atoms with E-state index in [0.29, 0.717) is 30.4 Å². The first-order valence-electron chi connectivity index (χ1n) is 8.19. The van der Waals surface area contributed by atoms with Gasteiger partial charge in [-0.2, -0.15) is 5.10 Å². The van der Waals surface area contributed by atoms with Crippen molar-refractivity contribution in [3.05, 3.63) is 39.1 Å². The van der Waals surface area contributed by atoms with Crippen molar-refractivity contribution in [2.75, 3.05) is 18.4 Å². The van der Waals surface area contributed by atoms with Crippen LogP contribution in [0.2, 0.25) is 0 Å². The van der Waals surface area contributed by atoms with Crippen LogP contribution in [0.1, 0.15) is 40.3 Å². The molecular weight excluding hydrogens is 308 g/mol. The maximum Gasteiger partial charge on any atom is 0.269 e. The van der Waals surface area contributed by atoms with E-state index in [1.165, 1.54) is 6.07 Å². The molecule has 0 bridgehead atoms. The SMILES string of the molecule is Cc1cc(=O)[nH]c(NCCNC(=O)c2c3c(nn2C)CCCC3)n1. The van der Waals surface area contributed by atoms with Crippen LogP contribution in [-0.2, 0) is 19.9 Å². The molecule has 2 aromatic heterocycles. The van der Waals surface area contributed by atoms with E-state index in [0.717, 1.165) is 36.9 Å². The van der Waals surface area contributed by atoms with Gasteiger partial charge in [-0.1, -0.05) is 0 Å². The highest BCUT2D eigenvalue weighted by molar-refractivity contribution is 5.94. The molecule has 0 saturated heterocycles. The molecule has 0 fully saturated rings. The molecule has 0 radical (unpaired) electrons. The molecule has 8 nitrogen and oxygen atoms in total. The van der Waals surface area contributed by atoms with Crippen LogP contribution in [0.4, 0.5) is 5.95 Å². The maximum atomic E-state index is 12.4. The second-order valence-corrected chi connectivity index (χ2v) is 6.02. The molecule has 2 aromatic rings. The number of hydrogen-bond acceptors (Lipinski definition) is 5. The Balaban J connectivity index is 1.56. The Hall–Kier alpha value is -2.64. The summed E-state index contributed by atoms with van der Waals surface area (Å²) < 4.78 is 1.68. The zero-order valence-electron chi connectivity index (χ0n) is 14.0. The number of H-pyrrole nitrogens is 1. The van der Waals surface area contributed by atoms with Gasteiger partial charge < -0.3 is 10.6 Å². The summed E-state index contributed by atoms with van der Waals surface area (Å²) in [6.45, 7) is 2.66. The Bertz CT molecular complexity index is 807. The van der Waals surface area contributed by atoms with Gasteiger partial charge in [0.25, 0.3) is 11.5 Å². The van der Waals surface area contributed by atoms with Crippen molar-refractivity contribution in [1.29, 1.82) is 0 Å². The summed E-state index contributed by atoms with van der Waals surface area (Å²) >= 11 is 0. The van der Waals surface area contributed by atoms with E-state index >= 15 is 0 Å². The quantitative estimate of drug-likeness (QED) is 0.694. The number of nitrogens with one attached hydrogen (secondary N) is 3. The van der Waals surface area contributed by atoms with Gasteiger partial charge in [-0.05, 0) is 32.6 Å². The second kappa shape index (κ2) is 6.86. The fourth-order valence-electron chi connectivity index (χ4n) is 3.07. The molecule has 128 valence electrons. The minimum absolute atomic E-state index is 0.111. The largest absolute Gasteiger partial charge is 0.354 e. The molecule has 24 heavy (non-hydrogen) atoms. The molecule has 0 aliphatic heterocycles. The molecule has 8 heteroatoms. The summed E-state index contributed by atoms with van der Waals surface area (Å²) in [4.78, 5) is 30.6. The highest BCUT2D eigenvalue weighted by Gasteiger charge is 2.23. The molecule has 1 amide bonds. The van der Waals surface area contributed by atoms with Crippen molar-refractivity contribution in [3.8, 4) is 0 Å². The summed E-state index contributed by atoms with van der Waals surface area (Å²) in [6.07, 6.45) is 4.10. The van der Waals surface area contributed by atoms with Gasteiger partial charge in [0.2, 0.25) is 5.95 Å². The van der Waals surface area contributed by atoms with E-state index in [4.69, 9.17) is 0 Å². The number of anilines is 1. The third-order valence-corrected chi connectivity index (χ3v) is 4.11. The van der Waals surface area contributed by atoms with Gasteiger partial charge in [-0.3, -0.25) is 19.3 Å². The maximum absolute atomic E-state index is 12.4. The van der Waals surface area contributed by atoms with Crippen LogP contribution in [0.25, 0.3) is 0 Å². The molecule has 0 spiro atoms. The predicted octanol–water partition coefficient (Wildman–Crippen LogP) is 0.533. The zero-order valence-corrected chi connectivity index (χ0v) is 14.0. The molecule has 1 aliphatic rings. The first-order valence-corrected chi connectivity index (χ1v) is 8.19. The Labute approximate surface area is 139 Å². The highest BCUT2D eigenvalue weighted by Crippen LogP contribution is 2.23. The minimum atomic E-state index is -0.199. The van der Waals surface area contributed by atoms with E-state index in [9.17, 15) is 9.59 Å². The molecule has 0 saturated carbocycles. The molecular formula is C16H22N6O2. The van der Waals surface area contributed by atoms with Crippen LogP contribution in [0.3, 0.4) is 0 Å². The average molecular weight is 330 g/mol. The van der Waals surface area contributed by atoms with Crippen LogP contribution in [0, 0.1) is 6.92 Å². The van der Waals surface area contributed by atoms with E-state index in [2.05, 4.69) is 25.7 Å². The number of aryl methyl sites for hydroxylation is 3. The monoisotopic (exact) mass is 330 g/mol.